The van der Waals surface area contributed by atoms with Crippen molar-refractivity contribution in [2.24, 2.45) is 16.6 Å². The molecule has 1 fully saturated rings. The van der Waals surface area contributed by atoms with E-state index >= 15 is 0 Å². The lowest BCUT2D eigenvalue weighted by atomic mass is 9.91. The van der Waals surface area contributed by atoms with E-state index in [-0.39, 0.29) is 13.2 Å². The first-order valence-electron chi connectivity index (χ1n) is 10.6. The zero-order valence-electron chi connectivity index (χ0n) is 17.7. The second-order valence-corrected chi connectivity index (χ2v) is 8.64. The number of fused-ring (bicyclic) bond motifs is 1. The summed E-state index contributed by atoms with van der Waals surface area (Å²) in [7, 11) is 0. The monoisotopic (exact) mass is 438 g/mol. The van der Waals surface area contributed by atoms with Crippen molar-refractivity contribution in [3.05, 3.63) is 59.8 Å². The van der Waals surface area contributed by atoms with E-state index < -0.39 is 17.2 Å². The van der Waals surface area contributed by atoms with Gasteiger partial charge in [-0.15, -0.1) is 0 Å². The van der Waals surface area contributed by atoms with E-state index in [0.29, 0.717) is 52.0 Å². The summed E-state index contributed by atoms with van der Waals surface area (Å²) in [6.45, 7) is 2.86. The Balaban J connectivity index is 1.47. The van der Waals surface area contributed by atoms with Crippen LogP contribution in [0, 0.1) is 17.6 Å². The minimum absolute atomic E-state index is 0.210. The number of nitrogens with zero attached hydrogens (tertiary/aromatic N) is 2. The van der Waals surface area contributed by atoms with Crippen LogP contribution in [0.4, 0.5) is 20.2 Å². The van der Waals surface area contributed by atoms with Crippen molar-refractivity contribution in [2.75, 3.05) is 25.1 Å². The molecule has 3 N–H and O–H groups in total. The van der Waals surface area contributed by atoms with Crippen LogP contribution in [0.2, 0.25) is 0 Å². The molecule has 1 unspecified atom stereocenters. The number of amidine groups is 1. The molecule has 1 aliphatic heterocycles. The average molecular weight is 438 g/mol. The fourth-order valence-electron chi connectivity index (χ4n) is 3.91. The van der Waals surface area contributed by atoms with Crippen LogP contribution in [0.15, 0.2) is 47.6 Å². The molecular weight excluding hydrogens is 414 g/mol. The molecule has 1 saturated carbocycles. The summed E-state index contributed by atoms with van der Waals surface area (Å²) in [6, 6.07) is 9.15. The van der Waals surface area contributed by atoms with E-state index in [1.165, 1.54) is 31.0 Å². The van der Waals surface area contributed by atoms with Crippen molar-refractivity contribution in [1.82, 2.24) is 4.98 Å². The van der Waals surface area contributed by atoms with Gasteiger partial charge in [-0.1, -0.05) is 0 Å². The third-order valence-corrected chi connectivity index (χ3v) is 5.75. The number of nitrogens with two attached hydrogens (primary N) is 1. The Kier molecular flexibility index (Phi) is 5.17. The zero-order valence-corrected chi connectivity index (χ0v) is 17.7. The quantitative estimate of drug-likeness (QED) is 0.586. The van der Waals surface area contributed by atoms with Crippen molar-refractivity contribution in [3.63, 3.8) is 0 Å². The van der Waals surface area contributed by atoms with Crippen LogP contribution in [0.25, 0.3) is 10.9 Å². The van der Waals surface area contributed by atoms with Crippen LogP contribution in [-0.4, -0.2) is 30.6 Å². The van der Waals surface area contributed by atoms with E-state index in [9.17, 15) is 8.78 Å². The maximum atomic E-state index is 14.7. The largest absolute Gasteiger partial charge is 0.492 e. The number of anilines is 2. The summed E-state index contributed by atoms with van der Waals surface area (Å²) in [5, 5.41) is 3.79. The van der Waals surface area contributed by atoms with Crippen molar-refractivity contribution >= 4 is 28.1 Å². The van der Waals surface area contributed by atoms with E-state index in [1.54, 1.807) is 31.3 Å². The molecule has 2 aromatic carbocycles. The molecule has 8 heteroatoms. The maximum absolute atomic E-state index is 14.7. The standard InChI is InChI=1S/C24H24F2N4O2/c1-24(13-31-12-22(27)30-24)19-9-17(4-5-20(19)26)29-21-8-16(25)6-15-7-18(10-28-23(15)21)32-11-14-2-3-14/h4-10,14,29H,2-3,11-13H2,1H3,(H2,27,30). The third kappa shape index (κ3) is 4.23. The van der Waals surface area contributed by atoms with Gasteiger partial charge in [-0.3, -0.25) is 9.98 Å². The fourth-order valence-corrected chi connectivity index (χ4v) is 3.91. The van der Waals surface area contributed by atoms with Crippen LogP contribution in [-0.2, 0) is 10.3 Å². The second-order valence-electron chi connectivity index (χ2n) is 8.64. The molecule has 0 spiro atoms. The Labute approximate surface area is 184 Å². The number of ether oxygens (including phenoxy) is 2. The summed E-state index contributed by atoms with van der Waals surface area (Å²) in [6.07, 6.45) is 4.01. The van der Waals surface area contributed by atoms with Gasteiger partial charge >= 0.3 is 0 Å². The highest BCUT2D eigenvalue weighted by Gasteiger charge is 2.33. The number of nitrogens with one attached hydrogen (secondary N) is 1. The van der Waals surface area contributed by atoms with Crippen LogP contribution in [0.5, 0.6) is 5.75 Å². The topological polar surface area (TPSA) is 81.8 Å². The third-order valence-electron chi connectivity index (χ3n) is 5.75. The Hall–Kier alpha value is -3.26. The molecule has 5 rings (SSSR count). The molecule has 0 saturated heterocycles. The first kappa shape index (κ1) is 20.6. The van der Waals surface area contributed by atoms with E-state index in [0.717, 1.165) is 0 Å². The number of halogens is 2. The van der Waals surface area contributed by atoms with Gasteiger partial charge < -0.3 is 20.5 Å². The molecule has 6 nitrogen and oxygen atoms in total. The van der Waals surface area contributed by atoms with E-state index in [2.05, 4.69) is 15.3 Å². The molecule has 32 heavy (non-hydrogen) atoms. The van der Waals surface area contributed by atoms with Gasteiger partial charge in [0.05, 0.1) is 30.6 Å². The number of pyridine rings is 1. The number of aromatic nitrogens is 1. The zero-order chi connectivity index (χ0) is 22.3. The predicted molar refractivity (Wildman–Crippen MR) is 119 cm³/mol. The molecule has 166 valence electrons. The second kappa shape index (κ2) is 8.02. The maximum Gasteiger partial charge on any atom is 0.138 e. The van der Waals surface area contributed by atoms with Gasteiger partial charge in [0.2, 0.25) is 0 Å². The number of aliphatic imine (C=N–C) groups is 1. The fraction of sp³-hybridized carbons (Fsp3) is 0.333. The smallest absolute Gasteiger partial charge is 0.138 e. The Bertz CT molecular complexity index is 1210. The van der Waals surface area contributed by atoms with Crippen LogP contribution in [0.3, 0.4) is 0 Å². The molecule has 1 aliphatic carbocycles. The molecule has 3 aromatic rings. The Morgan fingerprint density at radius 2 is 2.06 bits per heavy atom. The first-order valence-corrected chi connectivity index (χ1v) is 10.6. The van der Waals surface area contributed by atoms with Gasteiger partial charge in [-0.05, 0) is 62.1 Å². The predicted octanol–water partition coefficient (Wildman–Crippen LogP) is 4.65. The van der Waals surface area contributed by atoms with Gasteiger partial charge in [0.25, 0.3) is 0 Å². The summed E-state index contributed by atoms with van der Waals surface area (Å²) in [4.78, 5) is 8.90. The van der Waals surface area contributed by atoms with Crippen molar-refractivity contribution in [1.29, 1.82) is 0 Å². The Morgan fingerprint density at radius 3 is 2.84 bits per heavy atom. The molecule has 0 bridgehead atoms. The summed E-state index contributed by atoms with van der Waals surface area (Å²) in [5.41, 5.74) is 6.85. The van der Waals surface area contributed by atoms with Crippen molar-refractivity contribution in [3.8, 4) is 5.75 Å². The molecule has 1 aromatic heterocycles. The molecule has 2 heterocycles. The lowest BCUT2D eigenvalue weighted by Crippen LogP contribution is -2.38. The minimum Gasteiger partial charge on any atom is -0.492 e. The number of hydrogen-bond acceptors (Lipinski definition) is 6. The molecule has 0 radical (unpaired) electrons. The lowest BCUT2D eigenvalue weighted by Gasteiger charge is -2.30. The summed E-state index contributed by atoms with van der Waals surface area (Å²) < 4.78 is 40.3. The van der Waals surface area contributed by atoms with Crippen LogP contribution in [0.1, 0.15) is 25.3 Å². The molecule has 1 atom stereocenters. The number of rotatable bonds is 6. The van der Waals surface area contributed by atoms with Gasteiger partial charge in [-0.2, -0.15) is 0 Å². The van der Waals surface area contributed by atoms with Gasteiger partial charge in [0.15, 0.2) is 0 Å². The van der Waals surface area contributed by atoms with Crippen LogP contribution >= 0.6 is 0 Å². The average Bonchev–Trinajstić information content (AvgIpc) is 3.57. The highest BCUT2D eigenvalue weighted by molar-refractivity contribution is 5.93. The first-order chi connectivity index (χ1) is 15.4. The molecule has 0 amide bonds. The van der Waals surface area contributed by atoms with Crippen molar-refractivity contribution < 1.29 is 18.3 Å². The minimum atomic E-state index is -0.944. The normalized spacial score (nSPS) is 20.8. The van der Waals surface area contributed by atoms with Gasteiger partial charge in [0, 0.05) is 16.6 Å². The summed E-state index contributed by atoms with van der Waals surface area (Å²) >= 11 is 0. The Morgan fingerprint density at radius 1 is 1.22 bits per heavy atom. The van der Waals surface area contributed by atoms with Crippen molar-refractivity contribution in [2.45, 2.75) is 25.3 Å². The van der Waals surface area contributed by atoms with E-state index in [1.807, 2.05) is 0 Å². The SMILES string of the molecule is CC1(c2cc(Nc3cc(F)cc4cc(OCC5CC5)cnc34)ccc2F)COCC(N)=N1. The molecular formula is C24H24F2N4O2. The van der Waals surface area contributed by atoms with E-state index in [4.69, 9.17) is 15.2 Å². The molecule has 2 aliphatic rings. The van der Waals surface area contributed by atoms with Gasteiger partial charge in [-0.25, -0.2) is 8.78 Å². The summed E-state index contributed by atoms with van der Waals surface area (Å²) in [5.74, 6) is 0.717. The lowest BCUT2D eigenvalue weighted by molar-refractivity contribution is 0.104. The highest BCUT2D eigenvalue weighted by Crippen LogP contribution is 2.35. The highest BCUT2D eigenvalue weighted by atomic mass is 19.1. The number of benzene rings is 2. The number of hydrogen-bond donors (Lipinski definition) is 2. The van der Waals surface area contributed by atoms with Gasteiger partial charge in [0.1, 0.15) is 35.4 Å². The van der Waals surface area contributed by atoms with Crippen LogP contribution < -0.4 is 15.8 Å².